The highest BCUT2D eigenvalue weighted by molar-refractivity contribution is 6.74. The maximum atomic E-state index is 12.6. The van der Waals surface area contributed by atoms with Crippen LogP contribution >= 0.6 is 11.6 Å². The van der Waals surface area contributed by atoms with Crippen molar-refractivity contribution in [1.82, 2.24) is 0 Å². The van der Waals surface area contributed by atoms with Crippen LogP contribution in [0.1, 0.15) is 36.7 Å². The summed E-state index contributed by atoms with van der Waals surface area (Å²) in [5, 5.41) is 0.762. The van der Waals surface area contributed by atoms with E-state index in [9.17, 15) is 4.79 Å². The van der Waals surface area contributed by atoms with E-state index in [-0.39, 0.29) is 10.8 Å². The lowest BCUT2D eigenvalue weighted by molar-refractivity contribution is 0.104. The van der Waals surface area contributed by atoms with E-state index in [2.05, 4.69) is 33.9 Å². The minimum atomic E-state index is -1.92. The van der Waals surface area contributed by atoms with Crippen molar-refractivity contribution in [3.63, 3.8) is 0 Å². The van der Waals surface area contributed by atoms with Gasteiger partial charge in [-0.3, -0.25) is 4.79 Å². The van der Waals surface area contributed by atoms with Gasteiger partial charge >= 0.3 is 0 Å². The fourth-order valence-electron chi connectivity index (χ4n) is 2.54. The summed E-state index contributed by atoms with van der Waals surface area (Å²) in [6.45, 7) is 11.0. The standard InChI is InChI=1S/C19H21ClO2Si/c1-19(2,3)23(4,5)22-13-7-9-14-16-10-12(20)6-8-15(16)18(21)17(14)11-13/h6-11H,1-5H3. The minimum Gasteiger partial charge on any atom is -0.543 e. The molecule has 0 unspecified atom stereocenters. The van der Waals surface area contributed by atoms with Crippen LogP contribution in [0.3, 0.4) is 0 Å². The van der Waals surface area contributed by atoms with Gasteiger partial charge in [-0.25, -0.2) is 0 Å². The summed E-state index contributed by atoms with van der Waals surface area (Å²) in [7, 11) is -1.92. The number of carbonyl (C=O) groups excluding carboxylic acids is 1. The Hall–Kier alpha value is -1.58. The zero-order valence-electron chi connectivity index (χ0n) is 14.2. The van der Waals surface area contributed by atoms with E-state index in [1.54, 1.807) is 12.1 Å². The highest BCUT2D eigenvalue weighted by atomic mass is 35.5. The Labute approximate surface area is 143 Å². The van der Waals surface area contributed by atoms with Crippen LogP contribution in [0.5, 0.6) is 5.75 Å². The molecule has 4 heteroatoms. The van der Waals surface area contributed by atoms with Crippen molar-refractivity contribution in [1.29, 1.82) is 0 Å². The van der Waals surface area contributed by atoms with Crippen LogP contribution in [0.25, 0.3) is 11.1 Å². The van der Waals surface area contributed by atoms with Crippen LogP contribution in [-0.4, -0.2) is 14.1 Å². The van der Waals surface area contributed by atoms with Gasteiger partial charge in [-0.05, 0) is 65.7 Å². The van der Waals surface area contributed by atoms with Gasteiger partial charge in [-0.15, -0.1) is 0 Å². The van der Waals surface area contributed by atoms with Crippen LogP contribution < -0.4 is 4.43 Å². The molecule has 0 bridgehead atoms. The third-order valence-corrected chi connectivity index (χ3v) is 9.52. The molecule has 0 N–H and O–H groups in total. The van der Waals surface area contributed by atoms with Crippen LogP contribution in [0.4, 0.5) is 0 Å². The molecular formula is C19H21ClO2Si. The molecule has 0 atom stereocenters. The molecule has 1 aliphatic rings. The molecule has 120 valence electrons. The Bertz CT molecular complexity index is 804. The smallest absolute Gasteiger partial charge is 0.250 e. The summed E-state index contributed by atoms with van der Waals surface area (Å²) < 4.78 is 6.32. The predicted molar refractivity (Wildman–Crippen MR) is 98.1 cm³/mol. The third kappa shape index (κ3) is 2.72. The van der Waals surface area contributed by atoms with Gasteiger partial charge in [-0.1, -0.05) is 32.4 Å². The van der Waals surface area contributed by atoms with Gasteiger partial charge in [0, 0.05) is 16.1 Å². The van der Waals surface area contributed by atoms with Gasteiger partial charge in [0.2, 0.25) is 8.32 Å². The topological polar surface area (TPSA) is 26.3 Å². The number of carbonyl (C=O) groups is 1. The molecule has 0 amide bonds. The van der Waals surface area contributed by atoms with Crippen LogP contribution in [-0.2, 0) is 0 Å². The molecule has 2 nitrogen and oxygen atoms in total. The Balaban J connectivity index is 2.01. The van der Waals surface area contributed by atoms with E-state index in [1.165, 1.54) is 0 Å². The number of hydrogen-bond acceptors (Lipinski definition) is 2. The number of ketones is 1. The van der Waals surface area contributed by atoms with E-state index < -0.39 is 8.32 Å². The Kier molecular flexibility index (Phi) is 3.69. The molecule has 0 spiro atoms. The van der Waals surface area contributed by atoms with Crippen molar-refractivity contribution in [3.05, 3.63) is 52.5 Å². The van der Waals surface area contributed by atoms with E-state index in [0.29, 0.717) is 16.1 Å². The van der Waals surface area contributed by atoms with E-state index in [4.69, 9.17) is 16.0 Å². The zero-order valence-corrected chi connectivity index (χ0v) is 15.9. The quantitative estimate of drug-likeness (QED) is 0.538. The van der Waals surface area contributed by atoms with Crippen molar-refractivity contribution < 1.29 is 9.22 Å². The van der Waals surface area contributed by atoms with Crippen LogP contribution in [0, 0.1) is 0 Å². The summed E-state index contributed by atoms with van der Waals surface area (Å²) in [5.41, 5.74) is 3.28. The lowest BCUT2D eigenvalue weighted by Gasteiger charge is -2.36. The first-order chi connectivity index (χ1) is 10.6. The Morgan fingerprint density at radius 2 is 1.57 bits per heavy atom. The summed E-state index contributed by atoms with van der Waals surface area (Å²) in [4.78, 5) is 12.6. The molecule has 0 saturated carbocycles. The first-order valence-electron chi connectivity index (χ1n) is 7.78. The minimum absolute atomic E-state index is 0.0485. The number of hydrogen-bond donors (Lipinski definition) is 0. The van der Waals surface area contributed by atoms with E-state index in [0.717, 1.165) is 16.9 Å². The first-order valence-corrected chi connectivity index (χ1v) is 11.1. The highest BCUT2D eigenvalue weighted by Crippen LogP contribution is 2.42. The first kappa shape index (κ1) is 16.3. The van der Waals surface area contributed by atoms with Gasteiger partial charge in [0.25, 0.3) is 0 Å². The van der Waals surface area contributed by atoms with E-state index >= 15 is 0 Å². The lowest BCUT2D eigenvalue weighted by atomic mass is 10.1. The van der Waals surface area contributed by atoms with Crippen LogP contribution in [0.2, 0.25) is 23.2 Å². The second-order valence-electron chi connectivity index (χ2n) is 7.59. The number of rotatable bonds is 2. The van der Waals surface area contributed by atoms with Crippen molar-refractivity contribution in [3.8, 4) is 16.9 Å². The Morgan fingerprint density at radius 1 is 0.913 bits per heavy atom. The molecular weight excluding hydrogens is 324 g/mol. The maximum absolute atomic E-state index is 12.6. The van der Waals surface area contributed by atoms with E-state index in [1.807, 2.05) is 24.3 Å². The summed E-state index contributed by atoms with van der Waals surface area (Å²) in [5.74, 6) is 0.829. The Morgan fingerprint density at radius 3 is 2.22 bits per heavy atom. The zero-order chi connectivity index (χ0) is 17.0. The second-order valence-corrected chi connectivity index (χ2v) is 12.7. The predicted octanol–water partition coefficient (Wildman–Crippen LogP) is 5.94. The van der Waals surface area contributed by atoms with Gasteiger partial charge in [0.05, 0.1) is 0 Å². The molecule has 0 aliphatic heterocycles. The van der Waals surface area contributed by atoms with Crippen molar-refractivity contribution >= 4 is 25.7 Å². The molecule has 2 aromatic carbocycles. The molecule has 1 aliphatic carbocycles. The summed E-state index contributed by atoms with van der Waals surface area (Å²) in [6.07, 6.45) is 0. The van der Waals surface area contributed by atoms with Gasteiger partial charge in [0.1, 0.15) is 5.75 Å². The average Bonchev–Trinajstić information content (AvgIpc) is 2.70. The number of benzene rings is 2. The van der Waals surface area contributed by atoms with Gasteiger partial charge < -0.3 is 4.43 Å². The second kappa shape index (κ2) is 5.22. The van der Waals surface area contributed by atoms with Crippen molar-refractivity contribution in [2.45, 2.75) is 38.9 Å². The highest BCUT2D eigenvalue weighted by Gasteiger charge is 2.39. The molecule has 0 radical (unpaired) electrons. The van der Waals surface area contributed by atoms with Gasteiger partial charge in [0.15, 0.2) is 5.78 Å². The average molecular weight is 345 g/mol. The normalized spacial score (nSPS) is 13.7. The number of halogens is 1. The molecule has 3 rings (SSSR count). The fraction of sp³-hybridized carbons (Fsp3) is 0.316. The summed E-state index contributed by atoms with van der Waals surface area (Å²) >= 11 is 6.08. The molecule has 0 heterocycles. The molecule has 0 fully saturated rings. The monoisotopic (exact) mass is 344 g/mol. The van der Waals surface area contributed by atoms with Crippen LogP contribution in [0.15, 0.2) is 36.4 Å². The van der Waals surface area contributed by atoms with Crippen molar-refractivity contribution in [2.75, 3.05) is 0 Å². The van der Waals surface area contributed by atoms with Crippen molar-refractivity contribution in [2.24, 2.45) is 0 Å². The summed E-state index contributed by atoms with van der Waals surface area (Å²) in [6, 6.07) is 11.2. The van der Waals surface area contributed by atoms with Gasteiger partial charge in [-0.2, -0.15) is 0 Å². The maximum Gasteiger partial charge on any atom is 0.250 e. The molecule has 0 aromatic heterocycles. The fourth-order valence-corrected chi connectivity index (χ4v) is 3.73. The molecule has 23 heavy (non-hydrogen) atoms. The molecule has 2 aromatic rings. The molecule has 0 saturated heterocycles. The lowest BCUT2D eigenvalue weighted by Crippen LogP contribution is -2.43. The SMILES string of the molecule is CC(C)(C)[Si](C)(C)Oc1ccc2c(c1)C(=O)c1ccc(Cl)cc1-2. The third-order valence-electron chi connectivity index (χ3n) is 4.93. The largest absolute Gasteiger partial charge is 0.543 e. The number of fused-ring (bicyclic) bond motifs is 3.